The molecule has 28 heavy (non-hydrogen) atoms. The summed E-state index contributed by atoms with van der Waals surface area (Å²) in [5.41, 5.74) is 6.50. The topological polar surface area (TPSA) is 109 Å². The molecular formula is C17H18F3IN4O3. The number of nitrogens with one attached hydrogen (secondary N) is 2. The molecule has 0 spiro atoms. The van der Waals surface area contributed by atoms with Crippen molar-refractivity contribution in [3.8, 4) is 11.5 Å². The van der Waals surface area contributed by atoms with Crippen LogP contribution < -0.4 is 21.1 Å². The predicted molar refractivity (Wildman–Crippen MR) is 109 cm³/mol. The van der Waals surface area contributed by atoms with Crippen molar-refractivity contribution in [1.29, 1.82) is 0 Å². The first-order valence-corrected chi connectivity index (χ1v) is 7.73. The number of carbonyl (C=O) groups is 1. The quantitative estimate of drug-likeness (QED) is 0.207. The van der Waals surface area contributed by atoms with Gasteiger partial charge in [-0.25, -0.2) is 0 Å². The van der Waals surface area contributed by atoms with Crippen LogP contribution in [0.1, 0.15) is 10.4 Å². The Morgan fingerprint density at radius 1 is 1.11 bits per heavy atom. The van der Waals surface area contributed by atoms with E-state index in [-0.39, 0.29) is 60.4 Å². The zero-order chi connectivity index (χ0) is 19.9. The molecular weight excluding hydrogens is 492 g/mol. The lowest BCUT2D eigenvalue weighted by Gasteiger charge is -2.10. The Morgan fingerprint density at radius 3 is 2.29 bits per heavy atom. The van der Waals surface area contributed by atoms with E-state index in [0.717, 1.165) is 12.1 Å². The van der Waals surface area contributed by atoms with Crippen LogP contribution in [-0.4, -0.2) is 36.4 Å². The minimum Gasteiger partial charge on any atom is -0.508 e. The zero-order valence-electron chi connectivity index (χ0n) is 14.4. The number of nitrogens with zero attached hydrogens (tertiary/aromatic N) is 1. The summed E-state index contributed by atoms with van der Waals surface area (Å²) in [6.07, 6.45) is -4.75. The predicted octanol–water partition coefficient (Wildman–Crippen LogP) is 3.07. The number of guanidine groups is 1. The van der Waals surface area contributed by atoms with E-state index in [1.165, 1.54) is 36.4 Å². The molecule has 0 aliphatic carbocycles. The monoisotopic (exact) mass is 510 g/mol. The molecule has 0 radical (unpaired) electrons. The lowest BCUT2D eigenvalue weighted by Crippen LogP contribution is -2.28. The molecule has 0 saturated heterocycles. The first-order chi connectivity index (χ1) is 12.7. The van der Waals surface area contributed by atoms with Crippen molar-refractivity contribution in [3.05, 3.63) is 54.1 Å². The van der Waals surface area contributed by atoms with Gasteiger partial charge in [0.1, 0.15) is 11.5 Å². The van der Waals surface area contributed by atoms with Gasteiger partial charge in [0, 0.05) is 17.8 Å². The van der Waals surface area contributed by atoms with Crippen molar-refractivity contribution < 1.29 is 27.8 Å². The van der Waals surface area contributed by atoms with Crippen molar-refractivity contribution in [2.75, 3.05) is 18.4 Å². The van der Waals surface area contributed by atoms with Gasteiger partial charge in [0.15, 0.2) is 5.96 Å². The lowest BCUT2D eigenvalue weighted by molar-refractivity contribution is -0.274. The molecule has 2 aromatic carbocycles. The van der Waals surface area contributed by atoms with E-state index >= 15 is 0 Å². The number of carbonyl (C=O) groups excluding carboxylic acids is 1. The minimum absolute atomic E-state index is 0. The number of aromatic hydroxyl groups is 1. The van der Waals surface area contributed by atoms with Gasteiger partial charge in [0.25, 0.3) is 5.91 Å². The molecule has 0 atom stereocenters. The number of amides is 1. The Balaban J connectivity index is 0.00000392. The number of hydrogen-bond acceptors (Lipinski definition) is 4. The van der Waals surface area contributed by atoms with Crippen LogP contribution >= 0.6 is 24.0 Å². The Hall–Kier alpha value is -2.70. The van der Waals surface area contributed by atoms with Crippen LogP contribution in [0.5, 0.6) is 11.5 Å². The summed E-state index contributed by atoms with van der Waals surface area (Å²) in [5.74, 6) is -0.566. The Labute approximate surface area is 175 Å². The highest BCUT2D eigenvalue weighted by atomic mass is 127. The molecule has 0 bridgehead atoms. The molecule has 11 heteroatoms. The number of aliphatic imine (C=N–C) groups is 1. The third-order valence-electron chi connectivity index (χ3n) is 3.17. The molecule has 0 unspecified atom stereocenters. The number of anilines is 1. The van der Waals surface area contributed by atoms with Crippen LogP contribution in [0.3, 0.4) is 0 Å². The highest BCUT2D eigenvalue weighted by Crippen LogP contribution is 2.23. The summed E-state index contributed by atoms with van der Waals surface area (Å²) in [6, 6.07) is 10.8. The normalized spacial score (nSPS) is 11.3. The standard InChI is InChI=1S/C17H17F3N4O3.HI/c18-17(19,20)27-14-7-3-12(4-8-14)24-16(21)23-10-9-22-15(26)11-1-5-13(25)6-2-11;/h1-8,25H,9-10H2,(H,22,26)(H3,21,23,24);1H. The second-order valence-electron chi connectivity index (χ2n) is 5.27. The van der Waals surface area contributed by atoms with Gasteiger partial charge in [0.05, 0.1) is 6.54 Å². The van der Waals surface area contributed by atoms with E-state index < -0.39 is 6.36 Å². The minimum atomic E-state index is -4.75. The fourth-order valence-electron chi connectivity index (χ4n) is 1.99. The van der Waals surface area contributed by atoms with E-state index in [4.69, 9.17) is 5.73 Å². The Bertz CT molecular complexity index is 797. The van der Waals surface area contributed by atoms with Gasteiger partial charge in [-0.2, -0.15) is 0 Å². The molecule has 1 amide bonds. The average molecular weight is 510 g/mol. The molecule has 0 aliphatic rings. The second-order valence-corrected chi connectivity index (χ2v) is 5.27. The van der Waals surface area contributed by atoms with Crippen molar-refractivity contribution in [2.45, 2.75) is 6.36 Å². The smallest absolute Gasteiger partial charge is 0.508 e. The largest absolute Gasteiger partial charge is 0.573 e. The molecule has 0 saturated carbocycles. The van der Waals surface area contributed by atoms with Gasteiger partial charge < -0.3 is 26.2 Å². The number of phenolic OH excluding ortho intramolecular Hbond substituents is 1. The summed E-state index contributed by atoms with van der Waals surface area (Å²) in [7, 11) is 0. The van der Waals surface area contributed by atoms with Gasteiger partial charge in [-0.15, -0.1) is 37.1 Å². The van der Waals surface area contributed by atoms with Crippen molar-refractivity contribution in [3.63, 3.8) is 0 Å². The molecule has 2 rings (SSSR count). The maximum atomic E-state index is 12.1. The summed E-state index contributed by atoms with van der Waals surface area (Å²) < 4.78 is 40.0. The lowest BCUT2D eigenvalue weighted by atomic mass is 10.2. The first kappa shape index (κ1) is 23.3. The molecule has 0 aromatic heterocycles. The number of benzene rings is 2. The van der Waals surface area contributed by atoms with Crippen LogP contribution in [0, 0.1) is 0 Å². The molecule has 0 fully saturated rings. The summed E-state index contributed by atoms with van der Waals surface area (Å²) >= 11 is 0. The van der Waals surface area contributed by atoms with E-state index in [9.17, 15) is 23.1 Å². The third kappa shape index (κ3) is 8.33. The van der Waals surface area contributed by atoms with Gasteiger partial charge in [-0.05, 0) is 48.5 Å². The molecule has 0 aliphatic heterocycles. The van der Waals surface area contributed by atoms with Crippen molar-refractivity contribution >= 4 is 41.5 Å². The third-order valence-corrected chi connectivity index (χ3v) is 3.17. The van der Waals surface area contributed by atoms with Gasteiger partial charge in [0.2, 0.25) is 0 Å². The maximum Gasteiger partial charge on any atom is 0.573 e. The average Bonchev–Trinajstić information content (AvgIpc) is 2.59. The molecule has 2 aromatic rings. The molecule has 0 heterocycles. The van der Waals surface area contributed by atoms with Crippen LogP contribution in [0.4, 0.5) is 18.9 Å². The van der Waals surface area contributed by atoms with Gasteiger partial charge >= 0.3 is 6.36 Å². The number of hydrogen-bond donors (Lipinski definition) is 4. The number of phenols is 1. The Morgan fingerprint density at radius 2 is 1.71 bits per heavy atom. The van der Waals surface area contributed by atoms with E-state index in [0.29, 0.717) is 11.3 Å². The number of alkyl halides is 3. The van der Waals surface area contributed by atoms with Crippen LogP contribution in [0.15, 0.2) is 53.5 Å². The maximum absolute atomic E-state index is 12.1. The molecule has 152 valence electrons. The SMILES string of the molecule is I.NC(=NCCNC(=O)c1ccc(O)cc1)Nc1ccc(OC(F)(F)F)cc1. The van der Waals surface area contributed by atoms with E-state index in [2.05, 4.69) is 20.4 Å². The highest BCUT2D eigenvalue weighted by molar-refractivity contribution is 14.0. The zero-order valence-corrected chi connectivity index (χ0v) is 16.7. The van der Waals surface area contributed by atoms with Crippen molar-refractivity contribution in [2.24, 2.45) is 10.7 Å². The number of ether oxygens (including phenoxy) is 1. The molecule has 7 nitrogen and oxygen atoms in total. The molecule has 5 N–H and O–H groups in total. The fraction of sp³-hybridized carbons (Fsp3) is 0.176. The summed E-state index contributed by atoms with van der Waals surface area (Å²) in [4.78, 5) is 15.8. The highest BCUT2D eigenvalue weighted by Gasteiger charge is 2.30. The number of nitrogens with two attached hydrogens (primary N) is 1. The number of rotatable bonds is 6. The van der Waals surface area contributed by atoms with Crippen molar-refractivity contribution in [1.82, 2.24) is 5.32 Å². The summed E-state index contributed by atoms with van der Waals surface area (Å²) in [5, 5.41) is 14.5. The Kier molecular flexibility index (Phi) is 8.82. The van der Waals surface area contributed by atoms with E-state index in [1.54, 1.807) is 0 Å². The first-order valence-electron chi connectivity index (χ1n) is 7.73. The van der Waals surface area contributed by atoms with Gasteiger partial charge in [-0.1, -0.05) is 0 Å². The van der Waals surface area contributed by atoms with Crippen LogP contribution in [0.2, 0.25) is 0 Å². The summed E-state index contributed by atoms with van der Waals surface area (Å²) in [6.45, 7) is 0.415. The fourth-order valence-corrected chi connectivity index (χ4v) is 1.99. The van der Waals surface area contributed by atoms with Crippen LogP contribution in [0.25, 0.3) is 0 Å². The van der Waals surface area contributed by atoms with Gasteiger partial charge in [-0.3, -0.25) is 9.79 Å². The second kappa shape index (κ2) is 10.6. The van der Waals surface area contributed by atoms with Crippen LogP contribution in [-0.2, 0) is 0 Å². The number of halogens is 4. The van der Waals surface area contributed by atoms with E-state index in [1.807, 2.05) is 0 Å².